The van der Waals surface area contributed by atoms with Crippen LogP contribution in [0.25, 0.3) is 11.0 Å². The highest BCUT2D eigenvalue weighted by Crippen LogP contribution is 2.45. The zero-order chi connectivity index (χ0) is 18.4. The standard InChI is InChI=1S/C22H18BrN3O/c23-21-15-8-2-1-7-14(15)13-20(27)16-9-3-4-10-17(16)22(21)26-19-12-6-5-11-18(19)24-25-26/h1-12,20-22,27H,13H2. The van der Waals surface area contributed by atoms with Crippen LogP contribution in [0.1, 0.15) is 39.2 Å². The van der Waals surface area contributed by atoms with Crippen molar-refractivity contribution in [1.29, 1.82) is 0 Å². The molecule has 5 rings (SSSR count). The molecule has 0 aliphatic heterocycles. The smallest absolute Gasteiger partial charge is 0.113 e. The fourth-order valence-electron chi connectivity index (χ4n) is 4.07. The fourth-order valence-corrected chi connectivity index (χ4v) is 5.02. The Hall–Kier alpha value is -2.50. The predicted octanol–water partition coefficient (Wildman–Crippen LogP) is 4.75. The molecule has 27 heavy (non-hydrogen) atoms. The van der Waals surface area contributed by atoms with Crippen LogP contribution >= 0.6 is 15.9 Å². The molecule has 134 valence electrons. The molecule has 1 aromatic heterocycles. The molecule has 4 nitrogen and oxygen atoms in total. The largest absolute Gasteiger partial charge is 0.388 e. The van der Waals surface area contributed by atoms with Gasteiger partial charge in [-0.3, -0.25) is 0 Å². The Morgan fingerprint density at radius 3 is 2.37 bits per heavy atom. The summed E-state index contributed by atoms with van der Waals surface area (Å²) in [6.45, 7) is 0. The van der Waals surface area contributed by atoms with E-state index in [-0.39, 0.29) is 10.9 Å². The maximum Gasteiger partial charge on any atom is 0.113 e. The molecule has 0 saturated carbocycles. The van der Waals surface area contributed by atoms with Crippen molar-refractivity contribution in [1.82, 2.24) is 15.0 Å². The number of hydrogen-bond acceptors (Lipinski definition) is 3. The Morgan fingerprint density at radius 1 is 0.852 bits per heavy atom. The molecule has 4 aromatic rings. The van der Waals surface area contributed by atoms with Gasteiger partial charge in [-0.2, -0.15) is 0 Å². The van der Waals surface area contributed by atoms with Crippen LogP contribution in [0, 0.1) is 0 Å². The third-order valence-electron chi connectivity index (χ3n) is 5.36. The Balaban J connectivity index is 1.80. The van der Waals surface area contributed by atoms with Crippen molar-refractivity contribution in [2.24, 2.45) is 0 Å². The normalized spacial score (nSPS) is 21.9. The summed E-state index contributed by atoms with van der Waals surface area (Å²) in [6.07, 6.45) is 0.0414. The van der Waals surface area contributed by atoms with E-state index in [1.807, 2.05) is 59.3 Å². The van der Waals surface area contributed by atoms with Gasteiger partial charge in [-0.05, 0) is 34.4 Å². The minimum Gasteiger partial charge on any atom is -0.388 e. The molecule has 5 heteroatoms. The van der Waals surface area contributed by atoms with Crippen molar-refractivity contribution in [3.05, 3.63) is 95.1 Å². The number of hydrogen-bond donors (Lipinski definition) is 1. The van der Waals surface area contributed by atoms with Crippen LogP contribution in [-0.4, -0.2) is 20.1 Å². The second kappa shape index (κ2) is 6.59. The minimum absolute atomic E-state index is 0.00690. The van der Waals surface area contributed by atoms with E-state index in [1.165, 1.54) is 5.56 Å². The molecule has 3 aromatic carbocycles. The average molecular weight is 420 g/mol. The van der Waals surface area contributed by atoms with Crippen molar-refractivity contribution < 1.29 is 5.11 Å². The van der Waals surface area contributed by atoms with Crippen LogP contribution in [0.2, 0.25) is 0 Å². The molecular weight excluding hydrogens is 402 g/mol. The van der Waals surface area contributed by atoms with Crippen LogP contribution in [-0.2, 0) is 6.42 Å². The van der Waals surface area contributed by atoms with Crippen molar-refractivity contribution in [2.75, 3.05) is 0 Å². The number of nitrogens with zero attached hydrogens (tertiary/aromatic N) is 3. The van der Waals surface area contributed by atoms with Crippen LogP contribution in [0.3, 0.4) is 0 Å². The van der Waals surface area contributed by atoms with Crippen LogP contribution in [0.4, 0.5) is 0 Å². The summed E-state index contributed by atoms with van der Waals surface area (Å²) in [5.74, 6) is 0. The second-order valence-corrected chi connectivity index (χ2v) is 7.90. The van der Waals surface area contributed by atoms with Gasteiger partial charge in [0.15, 0.2) is 0 Å². The quantitative estimate of drug-likeness (QED) is 0.453. The van der Waals surface area contributed by atoms with E-state index < -0.39 is 6.10 Å². The fraction of sp³-hybridized carbons (Fsp3) is 0.182. The average Bonchev–Trinajstić information content (AvgIpc) is 3.12. The van der Waals surface area contributed by atoms with Gasteiger partial charge in [0, 0.05) is 6.42 Å². The molecule has 0 bridgehead atoms. The monoisotopic (exact) mass is 419 g/mol. The molecule has 1 aliphatic carbocycles. The maximum absolute atomic E-state index is 11.0. The number of aliphatic hydroxyl groups excluding tert-OH is 1. The third kappa shape index (κ3) is 2.69. The van der Waals surface area contributed by atoms with Crippen molar-refractivity contribution in [2.45, 2.75) is 23.4 Å². The molecule has 0 saturated heterocycles. The Bertz CT molecular complexity index is 1120. The summed E-state index contributed by atoms with van der Waals surface area (Å²) in [4.78, 5) is 0.00690. The molecule has 0 radical (unpaired) electrons. The van der Waals surface area contributed by atoms with Gasteiger partial charge in [0.25, 0.3) is 0 Å². The van der Waals surface area contributed by atoms with Gasteiger partial charge in [0.2, 0.25) is 0 Å². The summed E-state index contributed by atoms with van der Waals surface area (Å²) in [6, 6.07) is 24.3. The number of para-hydroxylation sites is 1. The molecule has 3 unspecified atom stereocenters. The van der Waals surface area contributed by atoms with Gasteiger partial charge in [-0.1, -0.05) is 81.8 Å². The van der Waals surface area contributed by atoms with E-state index in [0.717, 1.165) is 27.7 Å². The summed E-state index contributed by atoms with van der Waals surface area (Å²) in [7, 11) is 0. The zero-order valence-electron chi connectivity index (χ0n) is 14.5. The first-order valence-electron chi connectivity index (χ1n) is 9.03. The van der Waals surface area contributed by atoms with Gasteiger partial charge in [-0.25, -0.2) is 4.68 Å². The van der Waals surface area contributed by atoms with Crippen LogP contribution in [0.5, 0.6) is 0 Å². The molecule has 3 atom stereocenters. The number of aliphatic hydroxyl groups is 1. The number of aromatic nitrogens is 3. The first-order chi connectivity index (χ1) is 13.2. The van der Waals surface area contributed by atoms with Crippen LogP contribution in [0.15, 0.2) is 72.8 Å². The van der Waals surface area contributed by atoms with Crippen molar-refractivity contribution in [3.63, 3.8) is 0 Å². The van der Waals surface area contributed by atoms with Gasteiger partial charge in [0.1, 0.15) is 5.52 Å². The Kier molecular flexibility index (Phi) is 4.06. The van der Waals surface area contributed by atoms with Crippen molar-refractivity contribution >= 4 is 27.0 Å². The highest BCUT2D eigenvalue weighted by atomic mass is 79.9. The summed E-state index contributed by atoms with van der Waals surface area (Å²) in [5.41, 5.74) is 6.18. The summed E-state index contributed by atoms with van der Waals surface area (Å²) >= 11 is 3.96. The van der Waals surface area contributed by atoms with Gasteiger partial charge in [-0.15, -0.1) is 5.10 Å². The third-order valence-corrected chi connectivity index (χ3v) is 6.35. The van der Waals surface area contributed by atoms with Gasteiger partial charge >= 0.3 is 0 Å². The minimum atomic E-state index is -0.556. The molecular formula is C22H18BrN3O. The van der Waals surface area contributed by atoms with E-state index in [2.05, 4.69) is 44.4 Å². The van der Waals surface area contributed by atoms with Crippen LogP contribution < -0.4 is 0 Å². The number of benzene rings is 3. The first kappa shape index (κ1) is 16.7. The molecule has 1 heterocycles. The Morgan fingerprint density at radius 2 is 1.52 bits per heavy atom. The van der Waals surface area contributed by atoms with E-state index in [0.29, 0.717) is 6.42 Å². The van der Waals surface area contributed by atoms with Gasteiger partial charge < -0.3 is 5.11 Å². The highest BCUT2D eigenvalue weighted by molar-refractivity contribution is 9.09. The molecule has 1 N–H and O–H groups in total. The number of halogens is 1. The zero-order valence-corrected chi connectivity index (χ0v) is 16.1. The van der Waals surface area contributed by atoms with E-state index >= 15 is 0 Å². The number of rotatable bonds is 1. The molecule has 0 fully saturated rings. The van der Waals surface area contributed by atoms with Gasteiger partial charge in [0.05, 0.1) is 22.5 Å². The summed E-state index contributed by atoms with van der Waals surface area (Å²) in [5, 5.41) is 19.8. The number of alkyl halides is 1. The second-order valence-electron chi connectivity index (χ2n) is 6.92. The predicted molar refractivity (Wildman–Crippen MR) is 109 cm³/mol. The van der Waals surface area contributed by atoms with E-state index in [1.54, 1.807) is 0 Å². The lowest BCUT2D eigenvalue weighted by atomic mass is 9.84. The lowest BCUT2D eigenvalue weighted by molar-refractivity contribution is 0.174. The first-order valence-corrected chi connectivity index (χ1v) is 9.94. The SMILES string of the molecule is OC1Cc2ccccc2C(Br)C(n2nnc3ccccc32)c2ccccc21. The molecule has 1 aliphatic rings. The highest BCUT2D eigenvalue weighted by Gasteiger charge is 2.33. The Labute approximate surface area is 165 Å². The van der Waals surface area contributed by atoms with E-state index in [9.17, 15) is 5.11 Å². The summed E-state index contributed by atoms with van der Waals surface area (Å²) < 4.78 is 1.97. The molecule has 0 amide bonds. The van der Waals surface area contributed by atoms with Crippen molar-refractivity contribution in [3.8, 4) is 0 Å². The maximum atomic E-state index is 11.0. The number of fused-ring (bicyclic) bond motifs is 3. The topological polar surface area (TPSA) is 50.9 Å². The lowest BCUT2D eigenvalue weighted by Crippen LogP contribution is -2.23. The lowest BCUT2D eigenvalue weighted by Gasteiger charge is -2.31. The van der Waals surface area contributed by atoms with E-state index in [4.69, 9.17) is 0 Å². The molecule has 0 spiro atoms.